The first-order chi connectivity index (χ1) is 18.4. The van der Waals surface area contributed by atoms with Crippen LogP contribution in [0.3, 0.4) is 0 Å². The number of carbonyl (C=O) groups excluding carboxylic acids is 3. The summed E-state index contributed by atoms with van der Waals surface area (Å²) in [6.07, 6.45) is 1.33. The van der Waals surface area contributed by atoms with Gasteiger partial charge in [0, 0.05) is 53.9 Å². The molecule has 2 atom stereocenters. The van der Waals surface area contributed by atoms with Crippen molar-refractivity contribution in [3.8, 4) is 0 Å². The fraction of sp³-hybridized carbons (Fsp3) is 0.500. The van der Waals surface area contributed by atoms with Crippen LogP contribution in [0.4, 0.5) is 4.79 Å². The van der Waals surface area contributed by atoms with Crippen molar-refractivity contribution in [2.45, 2.75) is 64.7 Å². The maximum atomic E-state index is 13.4. The highest BCUT2D eigenvalue weighted by atomic mass is 32.1. The molecule has 39 heavy (non-hydrogen) atoms. The number of H-pyrrole nitrogens is 1. The van der Waals surface area contributed by atoms with Gasteiger partial charge < -0.3 is 30.7 Å². The van der Waals surface area contributed by atoms with E-state index < -0.39 is 6.04 Å². The summed E-state index contributed by atoms with van der Waals surface area (Å²) < 4.78 is 0. The molecule has 2 aliphatic heterocycles. The van der Waals surface area contributed by atoms with Crippen LogP contribution < -0.4 is 16.0 Å². The van der Waals surface area contributed by atoms with Gasteiger partial charge in [-0.3, -0.25) is 9.59 Å². The number of carbonyl (C=O) groups is 3. The zero-order chi connectivity index (χ0) is 27.9. The molecule has 2 aromatic heterocycles. The Hall–Kier alpha value is -3.44. The van der Waals surface area contributed by atoms with Crippen molar-refractivity contribution in [3.63, 3.8) is 0 Å². The van der Waals surface area contributed by atoms with Gasteiger partial charge in [-0.1, -0.05) is 11.6 Å². The number of fused-ring (bicyclic) bond motifs is 2. The molecule has 4 N–H and O–H groups in total. The normalized spacial score (nSPS) is 20.0. The zero-order valence-electron chi connectivity index (χ0n) is 23.2. The standard InChI is InChI=1S/C28H37N7O3S/c1-16-6-7-18-17(12-16)13-21(29-18)24(36)30-19-9-11-35(27(38)33-28(2,3)4)14-22(19)31-25(37)26-32-20-8-10-34(5)15-23(20)39-26/h6-7,12-13,19,22,29H,8-11,14-15H2,1-5H3,(H,30,36)(H,31,37)(H,33,38)/t19-,22+/m0/s1. The summed E-state index contributed by atoms with van der Waals surface area (Å²) in [6, 6.07) is 6.81. The van der Waals surface area contributed by atoms with Crippen molar-refractivity contribution in [3.05, 3.63) is 51.1 Å². The van der Waals surface area contributed by atoms with E-state index in [9.17, 15) is 14.4 Å². The minimum Gasteiger partial charge on any atom is -0.351 e. The fourth-order valence-corrected chi connectivity index (χ4v) is 6.22. The van der Waals surface area contributed by atoms with Crippen molar-refractivity contribution in [1.82, 2.24) is 35.7 Å². The Balaban J connectivity index is 1.33. The van der Waals surface area contributed by atoms with Crippen LogP contribution in [0.2, 0.25) is 0 Å². The van der Waals surface area contributed by atoms with Crippen LogP contribution in [-0.2, 0) is 13.0 Å². The second-order valence-electron chi connectivity index (χ2n) is 11.7. The summed E-state index contributed by atoms with van der Waals surface area (Å²) >= 11 is 1.42. The number of aryl methyl sites for hydroxylation is 1. The number of piperidine rings is 1. The molecule has 5 rings (SSSR count). The molecule has 1 saturated heterocycles. The van der Waals surface area contributed by atoms with Gasteiger partial charge in [0.1, 0.15) is 5.69 Å². The smallest absolute Gasteiger partial charge is 0.317 e. The number of hydrogen-bond acceptors (Lipinski definition) is 6. The summed E-state index contributed by atoms with van der Waals surface area (Å²) in [7, 11) is 2.06. The first-order valence-corrected chi connectivity index (χ1v) is 14.2. The number of amides is 4. The van der Waals surface area contributed by atoms with Crippen molar-refractivity contribution in [1.29, 1.82) is 0 Å². The third kappa shape index (κ3) is 6.25. The third-order valence-corrected chi connectivity index (χ3v) is 8.23. The second-order valence-corrected chi connectivity index (χ2v) is 12.8. The minimum absolute atomic E-state index is 0.190. The predicted octanol–water partition coefficient (Wildman–Crippen LogP) is 3.03. The molecule has 11 heteroatoms. The van der Waals surface area contributed by atoms with Gasteiger partial charge in [0.2, 0.25) is 0 Å². The van der Waals surface area contributed by atoms with Gasteiger partial charge in [0.25, 0.3) is 11.8 Å². The highest BCUT2D eigenvalue weighted by Gasteiger charge is 2.35. The number of aromatic amines is 1. The van der Waals surface area contributed by atoms with E-state index in [1.54, 1.807) is 4.90 Å². The summed E-state index contributed by atoms with van der Waals surface area (Å²) in [5.41, 5.74) is 3.07. The molecule has 0 aliphatic carbocycles. The van der Waals surface area contributed by atoms with Crippen molar-refractivity contribution in [2.24, 2.45) is 0 Å². The lowest BCUT2D eigenvalue weighted by atomic mass is 9.98. The molecule has 1 fully saturated rings. The summed E-state index contributed by atoms with van der Waals surface area (Å²) in [5.74, 6) is -0.520. The molecule has 0 bridgehead atoms. The maximum Gasteiger partial charge on any atom is 0.317 e. The topological polar surface area (TPSA) is 122 Å². The van der Waals surface area contributed by atoms with Gasteiger partial charge in [-0.05, 0) is 59.4 Å². The fourth-order valence-electron chi connectivity index (χ4n) is 5.13. The molecular weight excluding hydrogens is 514 g/mol. The van der Waals surface area contributed by atoms with Crippen LogP contribution >= 0.6 is 11.3 Å². The Morgan fingerprint density at radius 2 is 1.85 bits per heavy atom. The molecule has 10 nitrogen and oxygen atoms in total. The monoisotopic (exact) mass is 551 g/mol. The molecule has 1 aromatic carbocycles. The van der Waals surface area contributed by atoms with Crippen LogP contribution in [0.1, 0.15) is 63.6 Å². The zero-order valence-corrected chi connectivity index (χ0v) is 24.0. The van der Waals surface area contributed by atoms with E-state index in [4.69, 9.17) is 0 Å². The number of urea groups is 1. The Morgan fingerprint density at radius 3 is 2.62 bits per heavy atom. The van der Waals surface area contributed by atoms with Gasteiger partial charge in [-0.25, -0.2) is 9.78 Å². The van der Waals surface area contributed by atoms with Crippen LogP contribution in [0.15, 0.2) is 24.3 Å². The largest absolute Gasteiger partial charge is 0.351 e. The number of thiazole rings is 1. The number of hydrogen-bond donors (Lipinski definition) is 4. The molecule has 4 heterocycles. The van der Waals surface area contributed by atoms with E-state index in [1.165, 1.54) is 11.3 Å². The Labute approximate surface area is 232 Å². The maximum absolute atomic E-state index is 13.4. The number of aromatic nitrogens is 2. The highest BCUT2D eigenvalue weighted by molar-refractivity contribution is 7.13. The molecule has 0 unspecified atom stereocenters. The number of likely N-dealkylation sites (N-methyl/N-ethyl adjacent to an activating group) is 1. The van der Waals surface area contributed by atoms with Gasteiger partial charge in [0.05, 0.1) is 17.8 Å². The lowest BCUT2D eigenvalue weighted by Crippen LogP contribution is -2.63. The molecule has 2 aliphatic rings. The Morgan fingerprint density at radius 1 is 1.08 bits per heavy atom. The van der Waals surface area contributed by atoms with Crippen molar-refractivity contribution >= 4 is 40.1 Å². The van der Waals surface area contributed by atoms with E-state index in [1.807, 2.05) is 52.0 Å². The molecule has 208 valence electrons. The molecule has 4 amide bonds. The van der Waals surface area contributed by atoms with Crippen LogP contribution in [0.5, 0.6) is 0 Å². The van der Waals surface area contributed by atoms with E-state index in [0.29, 0.717) is 23.7 Å². The van der Waals surface area contributed by atoms with Gasteiger partial charge in [0.15, 0.2) is 5.01 Å². The molecule has 0 radical (unpaired) electrons. The van der Waals surface area contributed by atoms with E-state index >= 15 is 0 Å². The number of nitrogens with one attached hydrogen (secondary N) is 4. The van der Waals surface area contributed by atoms with Crippen molar-refractivity contribution < 1.29 is 14.4 Å². The second kappa shape index (κ2) is 10.6. The number of benzene rings is 1. The average molecular weight is 552 g/mol. The number of rotatable bonds is 4. The average Bonchev–Trinajstić information content (AvgIpc) is 3.47. The molecule has 0 saturated carbocycles. The third-order valence-electron chi connectivity index (χ3n) is 7.15. The predicted molar refractivity (Wildman–Crippen MR) is 152 cm³/mol. The van der Waals surface area contributed by atoms with E-state index in [0.717, 1.165) is 46.5 Å². The summed E-state index contributed by atoms with van der Waals surface area (Å²) in [6.45, 7) is 10.2. The van der Waals surface area contributed by atoms with Crippen LogP contribution in [0, 0.1) is 6.92 Å². The number of likely N-dealkylation sites (tertiary alicyclic amines) is 1. The van der Waals surface area contributed by atoms with Crippen LogP contribution in [0.25, 0.3) is 10.9 Å². The molecule has 3 aromatic rings. The molecular formula is C28H37N7O3S. The first kappa shape index (κ1) is 27.1. The minimum atomic E-state index is -0.476. The number of nitrogens with zero attached hydrogens (tertiary/aromatic N) is 3. The first-order valence-electron chi connectivity index (χ1n) is 13.4. The SMILES string of the molecule is Cc1ccc2[nH]c(C(=O)N[C@H]3CCN(C(=O)NC(C)(C)C)C[C@H]3NC(=O)c3nc4c(s3)CN(C)CC4)cc2c1. The van der Waals surface area contributed by atoms with Crippen LogP contribution in [-0.4, -0.2) is 81.9 Å². The van der Waals surface area contributed by atoms with Crippen molar-refractivity contribution in [2.75, 3.05) is 26.7 Å². The quantitative estimate of drug-likeness (QED) is 0.397. The van der Waals surface area contributed by atoms with E-state index in [2.05, 4.69) is 37.9 Å². The lowest BCUT2D eigenvalue weighted by Gasteiger charge is -2.40. The lowest BCUT2D eigenvalue weighted by molar-refractivity contribution is 0.0823. The van der Waals surface area contributed by atoms with E-state index in [-0.39, 0.29) is 36.0 Å². The summed E-state index contributed by atoms with van der Waals surface area (Å²) in [5, 5.41) is 10.6. The Kier molecular flexibility index (Phi) is 7.39. The summed E-state index contributed by atoms with van der Waals surface area (Å²) in [4.78, 5) is 52.4. The highest BCUT2D eigenvalue weighted by Crippen LogP contribution is 2.25. The Bertz CT molecular complexity index is 1410. The molecule has 0 spiro atoms. The van der Waals surface area contributed by atoms with Gasteiger partial charge in [-0.2, -0.15) is 0 Å². The van der Waals surface area contributed by atoms with Gasteiger partial charge in [-0.15, -0.1) is 11.3 Å². The van der Waals surface area contributed by atoms with Gasteiger partial charge >= 0.3 is 6.03 Å².